The molecule has 0 amide bonds. The lowest BCUT2D eigenvalue weighted by molar-refractivity contribution is -0.137. The van der Waals surface area contributed by atoms with Crippen LogP contribution in [-0.2, 0) is 14.8 Å². The smallest absolute Gasteiger partial charge is 0.305 e. The molecule has 2 N–H and O–H groups in total. The summed E-state index contributed by atoms with van der Waals surface area (Å²) in [5.74, 6) is -1.12. The highest BCUT2D eigenvalue weighted by molar-refractivity contribution is 7.90. The first-order valence-corrected chi connectivity index (χ1v) is 7.62. The topological polar surface area (TPSA) is 107 Å². The van der Waals surface area contributed by atoms with Gasteiger partial charge < -0.3 is 5.11 Å². The standard InChI is InChI=1S/C13H16N2O4S/c1-2-11(9-14)20(18,19)15-12(8-13(16)17)10-6-4-3-5-7-10/h3-7,11-12,15H,2,8H2,1H3,(H,16,17). The second-order valence-electron chi connectivity index (χ2n) is 4.25. The van der Waals surface area contributed by atoms with Crippen LogP contribution in [-0.4, -0.2) is 24.7 Å². The van der Waals surface area contributed by atoms with Crippen LogP contribution < -0.4 is 4.72 Å². The number of nitrogens with one attached hydrogen (secondary N) is 1. The van der Waals surface area contributed by atoms with Crippen LogP contribution in [0.3, 0.4) is 0 Å². The van der Waals surface area contributed by atoms with Crippen LogP contribution in [0.4, 0.5) is 0 Å². The number of sulfonamides is 1. The van der Waals surface area contributed by atoms with E-state index in [0.717, 1.165) is 0 Å². The average molecular weight is 296 g/mol. The molecule has 0 bridgehead atoms. The zero-order chi connectivity index (χ0) is 15.2. The Hall–Kier alpha value is -1.91. The zero-order valence-electron chi connectivity index (χ0n) is 11.0. The van der Waals surface area contributed by atoms with Crippen LogP contribution in [0, 0.1) is 11.3 Å². The van der Waals surface area contributed by atoms with E-state index in [4.69, 9.17) is 10.4 Å². The number of nitriles is 1. The van der Waals surface area contributed by atoms with Crippen molar-refractivity contribution < 1.29 is 18.3 Å². The van der Waals surface area contributed by atoms with Crippen LogP contribution >= 0.6 is 0 Å². The number of carboxylic acids is 1. The van der Waals surface area contributed by atoms with Crippen LogP contribution in [0.2, 0.25) is 0 Å². The molecule has 0 aliphatic rings. The maximum absolute atomic E-state index is 12.0. The molecule has 1 rings (SSSR count). The zero-order valence-corrected chi connectivity index (χ0v) is 11.8. The van der Waals surface area contributed by atoms with Crippen molar-refractivity contribution in [2.24, 2.45) is 0 Å². The Bertz CT molecular complexity index is 593. The van der Waals surface area contributed by atoms with Gasteiger partial charge >= 0.3 is 5.97 Å². The SMILES string of the molecule is CCC(C#N)S(=O)(=O)NC(CC(=O)O)c1ccccc1. The van der Waals surface area contributed by atoms with E-state index in [2.05, 4.69) is 4.72 Å². The fourth-order valence-corrected chi connectivity index (χ4v) is 3.11. The van der Waals surface area contributed by atoms with Crippen LogP contribution in [0.25, 0.3) is 0 Å². The minimum Gasteiger partial charge on any atom is -0.481 e. The van der Waals surface area contributed by atoms with E-state index >= 15 is 0 Å². The van der Waals surface area contributed by atoms with Crippen molar-refractivity contribution >= 4 is 16.0 Å². The monoisotopic (exact) mass is 296 g/mol. The number of hydrogen-bond acceptors (Lipinski definition) is 4. The molecule has 0 radical (unpaired) electrons. The predicted molar refractivity (Wildman–Crippen MR) is 73.2 cm³/mol. The van der Waals surface area contributed by atoms with Gasteiger partial charge in [-0.1, -0.05) is 37.3 Å². The van der Waals surface area contributed by atoms with E-state index in [1.54, 1.807) is 43.3 Å². The van der Waals surface area contributed by atoms with Crippen molar-refractivity contribution in [2.45, 2.75) is 31.1 Å². The average Bonchev–Trinajstić information content (AvgIpc) is 2.39. The quantitative estimate of drug-likeness (QED) is 0.791. The van der Waals surface area contributed by atoms with Gasteiger partial charge in [-0.3, -0.25) is 4.79 Å². The van der Waals surface area contributed by atoms with Crippen molar-refractivity contribution in [2.75, 3.05) is 0 Å². The minimum absolute atomic E-state index is 0.139. The summed E-state index contributed by atoms with van der Waals surface area (Å²) in [5, 5.41) is 16.5. The molecule has 2 atom stereocenters. The summed E-state index contributed by atoms with van der Waals surface area (Å²) >= 11 is 0. The summed E-state index contributed by atoms with van der Waals surface area (Å²) in [6, 6.07) is 9.24. The Balaban J connectivity index is 3.03. The summed E-state index contributed by atoms with van der Waals surface area (Å²) in [6.07, 6.45) is -0.245. The summed E-state index contributed by atoms with van der Waals surface area (Å²) in [4.78, 5) is 10.9. The number of benzene rings is 1. The van der Waals surface area contributed by atoms with Crippen molar-refractivity contribution in [1.29, 1.82) is 5.26 Å². The molecule has 2 unspecified atom stereocenters. The lowest BCUT2D eigenvalue weighted by Gasteiger charge is -2.19. The molecule has 0 aliphatic carbocycles. The van der Waals surface area contributed by atoms with Crippen molar-refractivity contribution in [3.05, 3.63) is 35.9 Å². The summed E-state index contributed by atoms with van der Waals surface area (Å²) < 4.78 is 26.4. The van der Waals surface area contributed by atoms with Gasteiger partial charge in [-0.2, -0.15) is 5.26 Å². The molecule has 0 heterocycles. The molecule has 20 heavy (non-hydrogen) atoms. The number of hydrogen-bond donors (Lipinski definition) is 2. The second kappa shape index (κ2) is 7.03. The first-order chi connectivity index (χ1) is 9.40. The fraction of sp³-hybridized carbons (Fsp3) is 0.385. The molecule has 0 saturated heterocycles. The van der Waals surface area contributed by atoms with E-state index in [1.165, 1.54) is 0 Å². The number of nitrogens with zero attached hydrogens (tertiary/aromatic N) is 1. The molecular formula is C13H16N2O4S. The third-order valence-corrected chi connectivity index (χ3v) is 4.58. The van der Waals surface area contributed by atoms with Crippen molar-refractivity contribution in [3.8, 4) is 6.07 Å². The number of aliphatic carboxylic acids is 1. The Kier molecular flexibility index (Phi) is 5.67. The summed E-state index contributed by atoms with van der Waals surface area (Å²) in [5.41, 5.74) is 0.547. The van der Waals surface area contributed by atoms with Crippen molar-refractivity contribution in [1.82, 2.24) is 4.72 Å². The summed E-state index contributed by atoms with van der Waals surface area (Å²) in [7, 11) is -3.89. The van der Waals surface area contributed by atoms with Gasteiger partial charge in [0, 0.05) is 0 Å². The molecule has 0 aliphatic heterocycles. The van der Waals surface area contributed by atoms with Gasteiger partial charge in [-0.05, 0) is 12.0 Å². The van der Waals surface area contributed by atoms with Gasteiger partial charge in [0.25, 0.3) is 0 Å². The Labute approximate surface area is 118 Å². The lowest BCUT2D eigenvalue weighted by Crippen LogP contribution is -2.36. The van der Waals surface area contributed by atoms with E-state index in [-0.39, 0.29) is 12.8 Å². The normalized spacial score (nSPS) is 14.2. The largest absolute Gasteiger partial charge is 0.481 e. The number of rotatable bonds is 7. The molecule has 1 aromatic carbocycles. The molecular weight excluding hydrogens is 280 g/mol. The van der Waals surface area contributed by atoms with Gasteiger partial charge in [0.05, 0.1) is 18.5 Å². The fourth-order valence-electron chi connectivity index (χ4n) is 1.75. The van der Waals surface area contributed by atoms with E-state index < -0.39 is 27.3 Å². The highest BCUT2D eigenvalue weighted by Crippen LogP contribution is 2.19. The first-order valence-electron chi connectivity index (χ1n) is 6.08. The third kappa shape index (κ3) is 4.33. The number of carbonyl (C=O) groups is 1. The Morgan fingerprint density at radius 3 is 2.45 bits per heavy atom. The van der Waals surface area contributed by atoms with E-state index in [0.29, 0.717) is 5.56 Å². The lowest BCUT2D eigenvalue weighted by atomic mass is 10.1. The molecule has 0 fully saturated rings. The predicted octanol–water partition coefficient (Wildman–Crippen LogP) is 1.42. The van der Waals surface area contributed by atoms with Crippen molar-refractivity contribution in [3.63, 3.8) is 0 Å². The maximum atomic E-state index is 12.0. The van der Waals surface area contributed by atoms with E-state index in [9.17, 15) is 13.2 Å². The highest BCUT2D eigenvalue weighted by atomic mass is 32.2. The Morgan fingerprint density at radius 1 is 1.40 bits per heavy atom. The van der Waals surface area contributed by atoms with Gasteiger partial charge in [0.1, 0.15) is 0 Å². The molecule has 7 heteroatoms. The minimum atomic E-state index is -3.89. The first kappa shape index (κ1) is 16.1. The van der Waals surface area contributed by atoms with Crippen LogP contribution in [0.1, 0.15) is 31.4 Å². The third-order valence-electron chi connectivity index (χ3n) is 2.78. The van der Waals surface area contributed by atoms with Gasteiger partial charge in [-0.25, -0.2) is 13.1 Å². The molecule has 1 aromatic rings. The van der Waals surface area contributed by atoms with Crippen LogP contribution in [0.5, 0.6) is 0 Å². The molecule has 0 aromatic heterocycles. The van der Waals surface area contributed by atoms with Gasteiger partial charge in [0.15, 0.2) is 5.25 Å². The molecule has 0 spiro atoms. The molecule has 108 valence electrons. The number of carboxylic acid groups (broad SMARTS) is 1. The second-order valence-corrected chi connectivity index (χ2v) is 6.14. The summed E-state index contributed by atoms with van der Waals surface area (Å²) in [6.45, 7) is 1.59. The highest BCUT2D eigenvalue weighted by Gasteiger charge is 2.28. The Morgan fingerprint density at radius 2 is 2.00 bits per heavy atom. The van der Waals surface area contributed by atoms with Gasteiger partial charge in [-0.15, -0.1) is 0 Å². The van der Waals surface area contributed by atoms with Gasteiger partial charge in [0.2, 0.25) is 10.0 Å². The van der Waals surface area contributed by atoms with Crippen LogP contribution in [0.15, 0.2) is 30.3 Å². The van der Waals surface area contributed by atoms with E-state index in [1.807, 2.05) is 0 Å². The molecule has 6 nitrogen and oxygen atoms in total. The maximum Gasteiger partial charge on any atom is 0.305 e. The molecule has 0 saturated carbocycles.